The predicted molar refractivity (Wildman–Crippen MR) is 82.5 cm³/mol. The smallest absolute Gasteiger partial charge is 0.152 e. The summed E-state index contributed by atoms with van der Waals surface area (Å²) >= 11 is 6.16. The number of nitrogens with one attached hydrogen (secondary N) is 1. The van der Waals surface area contributed by atoms with Gasteiger partial charge < -0.3 is 10.1 Å². The molecule has 0 aromatic heterocycles. The zero-order valence-electron chi connectivity index (χ0n) is 11.7. The minimum Gasteiger partial charge on any atom is -0.489 e. The van der Waals surface area contributed by atoms with Gasteiger partial charge in [-0.3, -0.25) is 0 Å². The third-order valence-corrected chi connectivity index (χ3v) is 5.24. The van der Waals surface area contributed by atoms with Crippen molar-refractivity contribution in [1.82, 2.24) is 0 Å². The van der Waals surface area contributed by atoms with Crippen LogP contribution >= 0.6 is 11.6 Å². The highest BCUT2D eigenvalue weighted by Crippen LogP contribution is 2.29. The predicted octanol–water partition coefficient (Wildman–Crippen LogP) is 3.12. The Morgan fingerprint density at radius 3 is 2.75 bits per heavy atom. The van der Waals surface area contributed by atoms with Gasteiger partial charge >= 0.3 is 0 Å². The molecule has 0 bridgehead atoms. The minimum atomic E-state index is -2.91. The molecule has 0 saturated carbocycles. The van der Waals surface area contributed by atoms with E-state index in [9.17, 15) is 8.42 Å². The second-order valence-corrected chi connectivity index (χ2v) is 8.05. The van der Waals surface area contributed by atoms with Crippen molar-refractivity contribution in [2.45, 2.75) is 38.8 Å². The number of ether oxygens (including phenoxy) is 1. The number of sulfone groups is 1. The van der Waals surface area contributed by atoms with Crippen molar-refractivity contribution in [2.75, 3.05) is 16.8 Å². The molecule has 4 nitrogen and oxygen atoms in total. The molecule has 112 valence electrons. The summed E-state index contributed by atoms with van der Waals surface area (Å²) in [6, 6.07) is 5.41. The SMILES string of the molecule is CC(C)Oc1ccc(NC2CCCS(=O)(=O)C2)cc1Cl. The summed E-state index contributed by atoms with van der Waals surface area (Å²) in [5.74, 6) is 1.13. The summed E-state index contributed by atoms with van der Waals surface area (Å²) in [6.07, 6.45) is 1.64. The molecule has 1 aromatic carbocycles. The zero-order valence-corrected chi connectivity index (χ0v) is 13.3. The van der Waals surface area contributed by atoms with E-state index < -0.39 is 9.84 Å². The zero-order chi connectivity index (χ0) is 14.8. The van der Waals surface area contributed by atoms with Crippen molar-refractivity contribution in [2.24, 2.45) is 0 Å². The summed E-state index contributed by atoms with van der Waals surface area (Å²) in [7, 11) is -2.91. The Morgan fingerprint density at radius 1 is 1.40 bits per heavy atom. The van der Waals surface area contributed by atoms with Gasteiger partial charge in [-0.15, -0.1) is 0 Å². The molecule has 1 unspecified atom stereocenters. The van der Waals surface area contributed by atoms with E-state index in [2.05, 4.69) is 5.32 Å². The van der Waals surface area contributed by atoms with Crippen LogP contribution in [-0.2, 0) is 9.84 Å². The molecule has 0 spiro atoms. The summed E-state index contributed by atoms with van der Waals surface area (Å²) in [4.78, 5) is 0. The number of hydrogen-bond donors (Lipinski definition) is 1. The highest BCUT2D eigenvalue weighted by molar-refractivity contribution is 7.91. The standard InChI is InChI=1S/C14H20ClNO3S/c1-10(2)19-14-6-5-11(8-13(14)15)16-12-4-3-7-20(17,18)9-12/h5-6,8,10,12,16H,3-4,7,9H2,1-2H3. The number of benzene rings is 1. The maximum absolute atomic E-state index is 11.6. The van der Waals surface area contributed by atoms with Crippen molar-refractivity contribution in [3.05, 3.63) is 23.2 Å². The summed E-state index contributed by atoms with van der Waals surface area (Å²) in [5, 5.41) is 3.77. The van der Waals surface area contributed by atoms with Crippen molar-refractivity contribution in [3.63, 3.8) is 0 Å². The molecule has 1 heterocycles. The Hall–Kier alpha value is -0.940. The van der Waals surface area contributed by atoms with Crippen molar-refractivity contribution >= 4 is 27.1 Å². The molecule has 6 heteroatoms. The largest absolute Gasteiger partial charge is 0.489 e. The molecule has 0 radical (unpaired) electrons. The lowest BCUT2D eigenvalue weighted by molar-refractivity contribution is 0.242. The first-order valence-corrected chi connectivity index (χ1v) is 8.99. The molecule has 1 aromatic rings. The molecule has 20 heavy (non-hydrogen) atoms. The lowest BCUT2D eigenvalue weighted by Gasteiger charge is -2.24. The minimum absolute atomic E-state index is 0.0401. The number of halogens is 1. The summed E-state index contributed by atoms with van der Waals surface area (Å²) < 4.78 is 28.8. The van der Waals surface area contributed by atoms with Crippen LogP contribution in [0.2, 0.25) is 5.02 Å². The van der Waals surface area contributed by atoms with Crippen LogP contribution in [0.4, 0.5) is 5.69 Å². The van der Waals surface area contributed by atoms with E-state index in [0.717, 1.165) is 12.1 Å². The molecular formula is C14H20ClNO3S. The lowest BCUT2D eigenvalue weighted by Crippen LogP contribution is -2.34. The first-order valence-electron chi connectivity index (χ1n) is 6.79. The van der Waals surface area contributed by atoms with Gasteiger partial charge in [0, 0.05) is 11.7 Å². The Kier molecular flexibility index (Phi) is 4.81. The average Bonchev–Trinajstić information content (AvgIpc) is 2.31. The van der Waals surface area contributed by atoms with Gasteiger partial charge in [-0.25, -0.2) is 8.42 Å². The van der Waals surface area contributed by atoms with Crippen LogP contribution in [0.5, 0.6) is 5.75 Å². The summed E-state index contributed by atoms with van der Waals surface area (Å²) in [5.41, 5.74) is 0.827. The van der Waals surface area contributed by atoms with E-state index >= 15 is 0 Å². The van der Waals surface area contributed by atoms with Crippen LogP contribution in [0.15, 0.2) is 18.2 Å². The Balaban J connectivity index is 2.05. The van der Waals surface area contributed by atoms with Gasteiger partial charge in [0.05, 0.1) is 22.6 Å². The molecular weight excluding hydrogens is 298 g/mol. The number of anilines is 1. The van der Waals surface area contributed by atoms with Gasteiger partial charge in [0.25, 0.3) is 0 Å². The van der Waals surface area contributed by atoms with E-state index in [0.29, 0.717) is 22.9 Å². The quantitative estimate of drug-likeness (QED) is 0.927. The van der Waals surface area contributed by atoms with E-state index in [4.69, 9.17) is 16.3 Å². The van der Waals surface area contributed by atoms with Crippen molar-refractivity contribution in [1.29, 1.82) is 0 Å². The highest BCUT2D eigenvalue weighted by Gasteiger charge is 2.24. The van der Waals surface area contributed by atoms with Gasteiger partial charge in [-0.2, -0.15) is 0 Å². The van der Waals surface area contributed by atoms with E-state index in [1.54, 1.807) is 6.07 Å². The van der Waals surface area contributed by atoms with Gasteiger partial charge in [-0.05, 0) is 44.9 Å². The van der Waals surface area contributed by atoms with Crippen LogP contribution in [0, 0.1) is 0 Å². The second-order valence-electron chi connectivity index (χ2n) is 5.41. The van der Waals surface area contributed by atoms with Gasteiger partial charge in [0.1, 0.15) is 5.75 Å². The fraction of sp³-hybridized carbons (Fsp3) is 0.571. The van der Waals surface area contributed by atoms with Gasteiger partial charge in [0.2, 0.25) is 0 Å². The molecule has 1 N–H and O–H groups in total. The normalized spacial score (nSPS) is 21.7. The molecule has 1 aliphatic heterocycles. The first-order chi connectivity index (χ1) is 9.35. The van der Waals surface area contributed by atoms with Crippen molar-refractivity contribution in [3.8, 4) is 5.75 Å². The van der Waals surface area contributed by atoms with Crippen molar-refractivity contribution < 1.29 is 13.2 Å². The second kappa shape index (κ2) is 6.22. The Morgan fingerprint density at radius 2 is 2.15 bits per heavy atom. The number of rotatable bonds is 4. The first kappa shape index (κ1) is 15.4. The van der Waals surface area contributed by atoms with E-state index in [1.807, 2.05) is 26.0 Å². The van der Waals surface area contributed by atoms with Crippen LogP contribution in [0.1, 0.15) is 26.7 Å². The molecule has 2 rings (SSSR count). The molecule has 0 amide bonds. The fourth-order valence-corrected chi connectivity index (χ4v) is 4.17. The van der Waals surface area contributed by atoms with Gasteiger partial charge in [-0.1, -0.05) is 11.6 Å². The molecule has 1 atom stereocenters. The third-order valence-electron chi connectivity index (χ3n) is 3.13. The van der Waals surface area contributed by atoms with E-state index in [1.165, 1.54) is 0 Å². The van der Waals surface area contributed by atoms with Crippen LogP contribution < -0.4 is 10.1 Å². The van der Waals surface area contributed by atoms with Crippen LogP contribution in [0.3, 0.4) is 0 Å². The third kappa shape index (κ3) is 4.28. The van der Waals surface area contributed by atoms with Crippen LogP contribution in [0.25, 0.3) is 0 Å². The summed E-state index contributed by atoms with van der Waals surface area (Å²) in [6.45, 7) is 3.88. The monoisotopic (exact) mass is 317 g/mol. The Bertz CT molecular complexity index is 572. The molecule has 0 aliphatic carbocycles. The fourth-order valence-electron chi connectivity index (χ4n) is 2.31. The Labute approximate surface area is 125 Å². The lowest BCUT2D eigenvalue weighted by atomic mass is 10.1. The molecule has 1 aliphatic rings. The highest BCUT2D eigenvalue weighted by atomic mass is 35.5. The van der Waals surface area contributed by atoms with Crippen LogP contribution in [-0.4, -0.2) is 32.1 Å². The maximum atomic E-state index is 11.6. The average molecular weight is 318 g/mol. The molecule has 1 saturated heterocycles. The number of hydrogen-bond acceptors (Lipinski definition) is 4. The van der Waals surface area contributed by atoms with E-state index in [-0.39, 0.29) is 17.9 Å². The maximum Gasteiger partial charge on any atom is 0.152 e. The van der Waals surface area contributed by atoms with Gasteiger partial charge in [0.15, 0.2) is 9.84 Å². The topological polar surface area (TPSA) is 55.4 Å². The molecule has 1 fully saturated rings.